The van der Waals surface area contributed by atoms with Crippen LogP contribution in [0, 0.1) is 5.41 Å². The van der Waals surface area contributed by atoms with Gasteiger partial charge < -0.3 is 11.1 Å². The maximum atomic E-state index is 11.9. The highest BCUT2D eigenvalue weighted by atomic mass is 32.1. The molecule has 1 aromatic rings. The second kappa shape index (κ2) is 6.35. The number of nitrogens with two attached hydrogens (primary N) is 1. The van der Waals surface area contributed by atoms with Crippen LogP contribution in [0.3, 0.4) is 0 Å². The summed E-state index contributed by atoms with van der Waals surface area (Å²) in [6.45, 7) is 3.02. The first-order chi connectivity index (χ1) is 9.54. The highest BCUT2D eigenvalue weighted by molar-refractivity contribution is 7.80. The molecule has 0 atom stereocenters. The van der Waals surface area contributed by atoms with Crippen LogP contribution in [-0.4, -0.2) is 17.4 Å². The van der Waals surface area contributed by atoms with Crippen LogP contribution in [0.15, 0.2) is 24.3 Å². The van der Waals surface area contributed by atoms with Crippen molar-refractivity contribution in [1.29, 1.82) is 0 Å². The molecule has 1 saturated carbocycles. The van der Waals surface area contributed by atoms with Gasteiger partial charge in [0.1, 0.15) is 4.99 Å². The van der Waals surface area contributed by atoms with Gasteiger partial charge in [0, 0.05) is 12.1 Å². The third kappa shape index (κ3) is 4.04. The molecule has 0 heterocycles. The molecule has 1 fully saturated rings. The average molecular weight is 290 g/mol. The van der Waals surface area contributed by atoms with Crippen molar-refractivity contribution in [1.82, 2.24) is 5.32 Å². The normalized spacial score (nSPS) is 15.7. The van der Waals surface area contributed by atoms with Crippen LogP contribution in [0.25, 0.3) is 0 Å². The lowest BCUT2D eigenvalue weighted by molar-refractivity contribution is -0.120. The summed E-state index contributed by atoms with van der Waals surface area (Å²) in [6.07, 6.45) is 5.33. The summed E-state index contributed by atoms with van der Waals surface area (Å²) in [7, 11) is 0. The van der Waals surface area contributed by atoms with E-state index in [1.165, 1.54) is 25.7 Å². The van der Waals surface area contributed by atoms with Crippen molar-refractivity contribution in [3.8, 4) is 0 Å². The molecule has 4 heteroatoms. The van der Waals surface area contributed by atoms with Gasteiger partial charge in [-0.25, -0.2) is 0 Å². The molecule has 2 rings (SSSR count). The predicted octanol–water partition coefficient (Wildman–Crippen LogP) is 2.56. The van der Waals surface area contributed by atoms with Crippen molar-refractivity contribution in [2.24, 2.45) is 11.1 Å². The molecule has 3 N–H and O–H groups in total. The van der Waals surface area contributed by atoms with E-state index in [1.807, 2.05) is 24.3 Å². The molecule has 1 aromatic carbocycles. The molecule has 0 saturated heterocycles. The molecule has 0 aliphatic heterocycles. The molecule has 0 aromatic heterocycles. The van der Waals surface area contributed by atoms with E-state index < -0.39 is 0 Å². The average Bonchev–Trinajstić information content (AvgIpc) is 3.18. The monoisotopic (exact) mass is 290 g/mol. The Hall–Kier alpha value is -1.42. The van der Waals surface area contributed by atoms with Crippen LogP contribution in [0.5, 0.6) is 0 Å². The van der Waals surface area contributed by atoms with Crippen molar-refractivity contribution in [3.63, 3.8) is 0 Å². The summed E-state index contributed by atoms with van der Waals surface area (Å²) in [5.41, 5.74) is 7.78. The molecule has 1 aliphatic carbocycles. The number of amides is 1. The number of carbonyl (C=O) groups is 1. The number of hydrogen-bond donors (Lipinski definition) is 2. The molecule has 108 valence electrons. The second-order valence-electron chi connectivity index (χ2n) is 5.76. The first-order valence-electron chi connectivity index (χ1n) is 7.20. The fraction of sp³-hybridized carbons (Fsp3) is 0.500. The van der Waals surface area contributed by atoms with Gasteiger partial charge in [0.2, 0.25) is 5.91 Å². The minimum absolute atomic E-state index is 0.0930. The van der Waals surface area contributed by atoms with Gasteiger partial charge in [-0.2, -0.15) is 0 Å². The van der Waals surface area contributed by atoms with Gasteiger partial charge in [-0.15, -0.1) is 0 Å². The highest BCUT2D eigenvalue weighted by Gasteiger charge is 2.41. The Labute approximate surface area is 125 Å². The van der Waals surface area contributed by atoms with Gasteiger partial charge in [0.05, 0.1) is 6.42 Å². The van der Waals surface area contributed by atoms with Crippen LogP contribution in [0.2, 0.25) is 0 Å². The highest BCUT2D eigenvalue weighted by Crippen LogP contribution is 2.48. The van der Waals surface area contributed by atoms with Crippen molar-refractivity contribution >= 4 is 23.1 Å². The third-order valence-corrected chi connectivity index (χ3v) is 4.24. The standard InChI is InChI=1S/C16H22N2OS/c1-2-7-16(8-9-16)11-18-14(19)10-12-3-5-13(6-4-12)15(17)20/h3-6H,2,7-11H2,1H3,(H2,17,20)(H,18,19). The van der Waals surface area contributed by atoms with E-state index in [9.17, 15) is 4.79 Å². The number of hydrogen-bond acceptors (Lipinski definition) is 2. The van der Waals surface area contributed by atoms with Gasteiger partial charge in [-0.3, -0.25) is 4.79 Å². The summed E-state index contributed by atoms with van der Waals surface area (Å²) in [6, 6.07) is 7.55. The number of nitrogens with one attached hydrogen (secondary N) is 1. The van der Waals surface area contributed by atoms with Crippen LogP contribution < -0.4 is 11.1 Å². The van der Waals surface area contributed by atoms with Gasteiger partial charge in [-0.1, -0.05) is 49.8 Å². The maximum absolute atomic E-state index is 11.9. The summed E-state index contributed by atoms with van der Waals surface area (Å²) < 4.78 is 0. The summed E-state index contributed by atoms with van der Waals surface area (Å²) in [4.78, 5) is 12.3. The summed E-state index contributed by atoms with van der Waals surface area (Å²) >= 11 is 4.91. The third-order valence-electron chi connectivity index (χ3n) is 4.00. The van der Waals surface area contributed by atoms with E-state index in [0.717, 1.165) is 17.7 Å². The molecule has 20 heavy (non-hydrogen) atoms. The van der Waals surface area contributed by atoms with Crippen molar-refractivity contribution in [2.75, 3.05) is 6.54 Å². The molecule has 0 spiro atoms. The Bertz CT molecular complexity index is 492. The zero-order chi connectivity index (χ0) is 14.6. The Morgan fingerprint density at radius 3 is 2.50 bits per heavy atom. The molecule has 3 nitrogen and oxygen atoms in total. The van der Waals surface area contributed by atoms with E-state index in [0.29, 0.717) is 16.8 Å². The SMILES string of the molecule is CCCC1(CNC(=O)Cc2ccc(C(N)=S)cc2)CC1. The Morgan fingerprint density at radius 1 is 1.35 bits per heavy atom. The zero-order valence-corrected chi connectivity index (χ0v) is 12.8. The Morgan fingerprint density at radius 2 is 2.00 bits per heavy atom. The van der Waals surface area contributed by atoms with Crippen LogP contribution in [0.1, 0.15) is 43.7 Å². The van der Waals surface area contributed by atoms with E-state index in [2.05, 4.69) is 12.2 Å². The van der Waals surface area contributed by atoms with Crippen LogP contribution in [0.4, 0.5) is 0 Å². The van der Waals surface area contributed by atoms with Crippen LogP contribution >= 0.6 is 12.2 Å². The first-order valence-corrected chi connectivity index (χ1v) is 7.61. The lowest BCUT2D eigenvalue weighted by Gasteiger charge is -2.14. The lowest BCUT2D eigenvalue weighted by atomic mass is 10.0. The van der Waals surface area contributed by atoms with Crippen molar-refractivity contribution in [2.45, 2.75) is 39.0 Å². The van der Waals surface area contributed by atoms with E-state index in [4.69, 9.17) is 18.0 Å². The summed E-state index contributed by atoms with van der Waals surface area (Å²) in [5, 5.41) is 3.07. The minimum Gasteiger partial charge on any atom is -0.389 e. The van der Waals surface area contributed by atoms with Crippen molar-refractivity contribution < 1.29 is 4.79 Å². The molecule has 0 bridgehead atoms. The van der Waals surface area contributed by atoms with E-state index in [1.54, 1.807) is 0 Å². The number of rotatable bonds is 7. The van der Waals surface area contributed by atoms with Gasteiger partial charge in [-0.05, 0) is 30.2 Å². The molecule has 0 unspecified atom stereocenters. The van der Waals surface area contributed by atoms with Crippen molar-refractivity contribution in [3.05, 3.63) is 35.4 Å². The zero-order valence-electron chi connectivity index (χ0n) is 11.9. The maximum Gasteiger partial charge on any atom is 0.224 e. The Kier molecular flexibility index (Phi) is 4.76. The minimum atomic E-state index is 0.0930. The first kappa shape index (κ1) is 15.0. The Balaban J connectivity index is 1.81. The number of benzene rings is 1. The molecule has 1 aliphatic rings. The molecular weight excluding hydrogens is 268 g/mol. The topological polar surface area (TPSA) is 55.1 Å². The quantitative estimate of drug-likeness (QED) is 0.759. The van der Waals surface area contributed by atoms with Gasteiger partial charge in [0.25, 0.3) is 0 Å². The second-order valence-corrected chi connectivity index (χ2v) is 6.20. The van der Waals surface area contributed by atoms with Gasteiger partial charge >= 0.3 is 0 Å². The number of thiocarbonyl (C=S) groups is 1. The molecular formula is C16H22N2OS. The smallest absolute Gasteiger partial charge is 0.224 e. The fourth-order valence-corrected chi connectivity index (χ4v) is 2.68. The molecule has 0 radical (unpaired) electrons. The molecule has 1 amide bonds. The van der Waals surface area contributed by atoms with E-state index in [-0.39, 0.29) is 5.91 Å². The predicted molar refractivity (Wildman–Crippen MR) is 85.6 cm³/mol. The number of carbonyl (C=O) groups excluding carboxylic acids is 1. The lowest BCUT2D eigenvalue weighted by Crippen LogP contribution is -2.31. The van der Waals surface area contributed by atoms with Crippen LogP contribution in [-0.2, 0) is 11.2 Å². The van der Waals surface area contributed by atoms with Gasteiger partial charge in [0.15, 0.2) is 0 Å². The van der Waals surface area contributed by atoms with E-state index >= 15 is 0 Å². The summed E-state index contributed by atoms with van der Waals surface area (Å²) in [5.74, 6) is 0.0930. The fourth-order valence-electron chi connectivity index (χ4n) is 2.54. The largest absolute Gasteiger partial charge is 0.389 e.